The molecule has 0 aromatic heterocycles. The van der Waals surface area contributed by atoms with Crippen molar-refractivity contribution in [3.05, 3.63) is 64.1 Å². The minimum Gasteiger partial charge on any atom is -0.497 e. The second-order valence-corrected chi connectivity index (χ2v) is 7.68. The first-order valence-corrected chi connectivity index (χ1v) is 9.15. The number of nitrogens with two attached hydrogens (primary N) is 1. The number of ether oxygens (including phenoxy) is 2. The highest BCUT2D eigenvalue weighted by molar-refractivity contribution is 9.10. The Morgan fingerprint density at radius 1 is 1.35 bits per heavy atom. The number of aliphatic hydroxyl groups excluding tert-OH is 1. The van der Waals surface area contributed by atoms with Crippen molar-refractivity contribution in [2.45, 2.75) is 25.0 Å². The highest BCUT2D eigenvalue weighted by atomic mass is 79.9. The Hall–Kier alpha value is -1.89. The molecule has 3 N–H and O–H groups in total. The number of benzene rings is 2. The van der Waals surface area contributed by atoms with E-state index >= 15 is 0 Å². The van der Waals surface area contributed by atoms with Crippen LogP contribution in [-0.2, 0) is 15.3 Å². The van der Waals surface area contributed by atoms with Crippen LogP contribution in [-0.4, -0.2) is 24.8 Å². The third kappa shape index (κ3) is 3.37. The molecule has 1 aliphatic rings. The standard InChI is InChI=1S/C20H22BrNO4/c1-19(22,13-6-4-3-5-7-13)26-18(24)20(12-23)11-16(20)15-10-14(25-2)8-9-17(15)21/h3-10,16,23H,11-12,22H2,1-2H3/t16-,19+,20-/m0/s1. The first-order valence-electron chi connectivity index (χ1n) is 8.36. The molecule has 0 saturated heterocycles. The van der Waals surface area contributed by atoms with E-state index in [0.29, 0.717) is 17.7 Å². The summed E-state index contributed by atoms with van der Waals surface area (Å²) in [6.07, 6.45) is 0.499. The average Bonchev–Trinajstić information content (AvgIpc) is 3.38. The van der Waals surface area contributed by atoms with E-state index in [1.807, 2.05) is 48.5 Å². The first-order chi connectivity index (χ1) is 12.3. The lowest BCUT2D eigenvalue weighted by molar-refractivity contribution is -0.167. The molecule has 6 heteroatoms. The third-order valence-corrected chi connectivity index (χ3v) is 5.72. The summed E-state index contributed by atoms with van der Waals surface area (Å²) in [5, 5.41) is 9.96. The van der Waals surface area contributed by atoms with Crippen molar-refractivity contribution in [3.63, 3.8) is 0 Å². The minimum absolute atomic E-state index is 0.156. The summed E-state index contributed by atoms with van der Waals surface area (Å²) < 4.78 is 11.8. The van der Waals surface area contributed by atoms with Gasteiger partial charge in [0, 0.05) is 16.0 Å². The van der Waals surface area contributed by atoms with Gasteiger partial charge in [0.25, 0.3) is 0 Å². The molecule has 5 nitrogen and oxygen atoms in total. The zero-order chi connectivity index (χ0) is 18.9. The molecular formula is C20H22BrNO4. The molecule has 0 unspecified atom stereocenters. The van der Waals surface area contributed by atoms with Gasteiger partial charge in [0.2, 0.25) is 0 Å². The molecule has 0 spiro atoms. The number of halogens is 1. The van der Waals surface area contributed by atoms with Gasteiger partial charge < -0.3 is 14.6 Å². The number of hydrogen-bond acceptors (Lipinski definition) is 5. The highest BCUT2D eigenvalue weighted by Crippen LogP contribution is 2.61. The lowest BCUT2D eigenvalue weighted by Gasteiger charge is -2.28. The summed E-state index contributed by atoms with van der Waals surface area (Å²) in [5.41, 5.74) is 5.58. The summed E-state index contributed by atoms with van der Waals surface area (Å²) in [5.74, 6) is 0.0490. The summed E-state index contributed by atoms with van der Waals surface area (Å²) in [4.78, 5) is 12.9. The van der Waals surface area contributed by atoms with Crippen LogP contribution in [0.15, 0.2) is 53.0 Å². The van der Waals surface area contributed by atoms with Crippen LogP contribution in [0.4, 0.5) is 0 Å². The molecule has 1 fully saturated rings. The maximum Gasteiger partial charge on any atom is 0.317 e. The van der Waals surface area contributed by atoms with Crippen molar-refractivity contribution in [2.24, 2.45) is 11.1 Å². The van der Waals surface area contributed by atoms with Crippen LogP contribution in [0.25, 0.3) is 0 Å². The van der Waals surface area contributed by atoms with Gasteiger partial charge in [-0.1, -0.05) is 46.3 Å². The molecule has 138 valence electrons. The first kappa shape index (κ1) is 18.9. The molecule has 0 amide bonds. The van der Waals surface area contributed by atoms with E-state index in [4.69, 9.17) is 15.2 Å². The Balaban J connectivity index is 1.83. The van der Waals surface area contributed by atoms with Gasteiger partial charge in [-0.25, -0.2) is 0 Å². The average molecular weight is 420 g/mol. The second kappa shape index (κ2) is 7.02. The maximum absolute atomic E-state index is 12.9. The van der Waals surface area contributed by atoms with E-state index in [2.05, 4.69) is 15.9 Å². The van der Waals surface area contributed by atoms with Gasteiger partial charge in [0.1, 0.15) is 5.75 Å². The summed E-state index contributed by atoms with van der Waals surface area (Å²) in [7, 11) is 1.59. The topological polar surface area (TPSA) is 81.8 Å². The summed E-state index contributed by atoms with van der Waals surface area (Å²) >= 11 is 3.51. The Bertz CT molecular complexity index is 809. The van der Waals surface area contributed by atoms with Crippen molar-refractivity contribution >= 4 is 21.9 Å². The van der Waals surface area contributed by atoms with E-state index in [-0.39, 0.29) is 12.5 Å². The summed E-state index contributed by atoms with van der Waals surface area (Å²) in [6.45, 7) is 1.34. The van der Waals surface area contributed by atoms with Crippen LogP contribution in [0.3, 0.4) is 0 Å². The molecule has 0 heterocycles. The van der Waals surface area contributed by atoms with E-state index in [1.54, 1.807) is 14.0 Å². The van der Waals surface area contributed by atoms with Gasteiger partial charge in [-0.2, -0.15) is 0 Å². The monoisotopic (exact) mass is 419 g/mol. The molecule has 0 radical (unpaired) electrons. The molecule has 2 aromatic carbocycles. The van der Waals surface area contributed by atoms with Crippen LogP contribution >= 0.6 is 15.9 Å². The quantitative estimate of drug-likeness (QED) is 0.554. The van der Waals surface area contributed by atoms with E-state index < -0.39 is 17.1 Å². The number of carbonyl (C=O) groups is 1. The van der Waals surface area contributed by atoms with Crippen molar-refractivity contribution in [2.75, 3.05) is 13.7 Å². The fraction of sp³-hybridized carbons (Fsp3) is 0.350. The van der Waals surface area contributed by atoms with Gasteiger partial charge in [0.15, 0.2) is 5.72 Å². The summed E-state index contributed by atoms with van der Waals surface area (Å²) in [6, 6.07) is 14.7. The molecule has 26 heavy (non-hydrogen) atoms. The Morgan fingerprint density at radius 2 is 2.04 bits per heavy atom. The van der Waals surface area contributed by atoms with Crippen LogP contribution < -0.4 is 10.5 Å². The zero-order valence-electron chi connectivity index (χ0n) is 14.7. The fourth-order valence-corrected chi connectivity index (χ4v) is 3.74. The van der Waals surface area contributed by atoms with Gasteiger partial charge in [-0.05, 0) is 37.1 Å². The van der Waals surface area contributed by atoms with Crippen LogP contribution in [0.1, 0.15) is 30.4 Å². The van der Waals surface area contributed by atoms with Crippen molar-refractivity contribution < 1.29 is 19.4 Å². The van der Waals surface area contributed by atoms with Crippen molar-refractivity contribution in [1.82, 2.24) is 0 Å². The number of rotatable bonds is 6. The number of esters is 1. The fourth-order valence-electron chi connectivity index (χ4n) is 3.22. The molecule has 1 saturated carbocycles. The Labute approximate surface area is 161 Å². The molecule has 0 bridgehead atoms. The molecule has 1 aliphatic carbocycles. The maximum atomic E-state index is 12.9. The van der Waals surface area contributed by atoms with E-state index in [1.165, 1.54) is 0 Å². The van der Waals surface area contributed by atoms with Crippen molar-refractivity contribution in [1.29, 1.82) is 0 Å². The van der Waals surface area contributed by atoms with Crippen molar-refractivity contribution in [3.8, 4) is 5.75 Å². The lowest BCUT2D eigenvalue weighted by atomic mass is 9.99. The molecular weight excluding hydrogens is 398 g/mol. The smallest absolute Gasteiger partial charge is 0.317 e. The Morgan fingerprint density at radius 3 is 2.65 bits per heavy atom. The van der Waals surface area contributed by atoms with Crippen LogP contribution in [0.2, 0.25) is 0 Å². The van der Waals surface area contributed by atoms with Crippen LogP contribution in [0.5, 0.6) is 5.75 Å². The highest BCUT2D eigenvalue weighted by Gasteiger charge is 2.62. The zero-order valence-corrected chi connectivity index (χ0v) is 16.3. The van der Waals surface area contributed by atoms with E-state index in [9.17, 15) is 9.90 Å². The predicted octanol–water partition coefficient (Wildman–Crippen LogP) is 3.30. The number of aliphatic hydroxyl groups is 1. The number of hydrogen-bond donors (Lipinski definition) is 2. The largest absolute Gasteiger partial charge is 0.497 e. The normalized spacial score (nSPS) is 23.8. The van der Waals surface area contributed by atoms with E-state index in [0.717, 1.165) is 10.0 Å². The van der Waals surface area contributed by atoms with Gasteiger partial charge in [-0.3, -0.25) is 10.5 Å². The predicted molar refractivity (Wildman–Crippen MR) is 102 cm³/mol. The van der Waals surface area contributed by atoms with Gasteiger partial charge in [0.05, 0.1) is 19.1 Å². The SMILES string of the molecule is COc1ccc(Br)c([C@@H]2C[C@@]2(CO)C(=O)O[C@@](C)(N)c2ccccc2)c1. The van der Waals surface area contributed by atoms with Gasteiger partial charge in [-0.15, -0.1) is 0 Å². The molecule has 3 rings (SSSR count). The minimum atomic E-state index is -1.26. The second-order valence-electron chi connectivity index (χ2n) is 6.82. The third-order valence-electron chi connectivity index (χ3n) is 4.99. The molecule has 2 aromatic rings. The number of methoxy groups -OCH3 is 1. The molecule has 3 atom stereocenters. The van der Waals surface area contributed by atoms with Gasteiger partial charge >= 0.3 is 5.97 Å². The lowest BCUT2D eigenvalue weighted by Crippen LogP contribution is -2.41. The van der Waals surface area contributed by atoms with Crippen LogP contribution in [0, 0.1) is 5.41 Å². The molecule has 0 aliphatic heterocycles. The Kier molecular flexibility index (Phi) is 5.10. The number of carbonyl (C=O) groups excluding carboxylic acids is 1.